The molecule has 0 amide bonds. The van der Waals surface area contributed by atoms with Crippen LogP contribution in [-0.4, -0.2) is 32.8 Å². The van der Waals surface area contributed by atoms with Crippen molar-refractivity contribution >= 4 is 16.9 Å². The molecule has 0 aliphatic carbocycles. The van der Waals surface area contributed by atoms with Gasteiger partial charge >= 0.3 is 5.97 Å². The lowest BCUT2D eigenvalue weighted by atomic mass is 9.86. The average molecular weight is 426 g/mol. The van der Waals surface area contributed by atoms with Crippen molar-refractivity contribution in [3.8, 4) is 17.1 Å². The molecule has 5 rings (SSSR count). The van der Waals surface area contributed by atoms with Gasteiger partial charge in [-0.15, -0.1) is 0 Å². The number of methoxy groups -OCH3 is 1. The maximum Gasteiger partial charge on any atom is 0.343 e. The number of carbonyl (C=O) groups is 1. The minimum absolute atomic E-state index is 0.0239. The van der Waals surface area contributed by atoms with E-state index in [2.05, 4.69) is 4.98 Å². The molecular formula is C22H19FN2O6. The molecule has 0 radical (unpaired) electrons. The number of ether oxygens (including phenoxy) is 2. The van der Waals surface area contributed by atoms with Gasteiger partial charge in [-0.05, 0) is 24.1 Å². The standard InChI is InChI=1S/C22H19FN2O6/c1-3-22(29)14-5-17-19-11(7-25(17)20(27)13(14)9-31-21(22)28)12(8-26)10-4-18(30-2)15(23)6-16(10)24-19/h4-6,26,29H,3,7-9H2,1-2H3/t22-/m0/s1. The maximum atomic E-state index is 14.3. The smallest absolute Gasteiger partial charge is 0.343 e. The molecule has 31 heavy (non-hydrogen) atoms. The fourth-order valence-corrected chi connectivity index (χ4v) is 4.50. The molecule has 4 heterocycles. The van der Waals surface area contributed by atoms with Crippen LogP contribution in [0.3, 0.4) is 0 Å². The fraction of sp³-hybridized carbons (Fsp3) is 0.318. The van der Waals surface area contributed by atoms with E-state index in [-0.39, 0.29) is 43.1 Å². The third-order valence-corrected chi connectivity index (χ3v) is 6.24. The van der Waals surface area contributed by atoms with Crippen LogP contribution in [-0.2, 0) is 34.9 Å². The lowest BCUT2D eigenvalue weighted by molar-refractivity contribution is -0.172. The fourth-order valence-electron chi connectivity index (χ4n) is 4.50. The molecule has 0 unspecified atom stereocenters. The highest BCUT2D eigenvalue weighted by Crippen LogP contribution is 2.40. The third-order valence-electron chi connectivity index (χ3n) is 6.24. The Kier molecular flexibility index (Phi) is 4.18. The van der Waals surface area contributed by atoms with Gasteiger partial charge in [0.05, 0.1) is 42.7 Å². The lowest BCUT2D eigenvalue weighted by Gasteiger charge is -2.31. The largest absolute Gasteiger partial charge is 0.494 e. The summed E-state index contributed by atoms with van der Waals surface area (Å²) in [5.74, 6) is -1.38. The number of hydrogen-bond acceptors (Lipinski definition) is 7. The highest BCUT2D eigenvalue weighted by atomic mass is 19.1. The maximum absolute atomic E-state index is 14.3. The predicted octanol–water partition coefficient (Wildman–Crippen LogP) is 1.72. The molecule has 0 fully saturated rings. The second-order valence-corrected chi connectivity index (χ2v) is 7.68. The molecule has 9 heteroatoms. The number of aliphatic hydroxyl groups is 2. The number of aliphatic hydroxyl groups excluding tert-OH is 1. The van der Waals surface area contributed by atoms with Gasteiger partial charge in [0.1, 0.15) is 6.61 Å². The molecule has 1 aromatic carbocycles. The Morgan fingerprint density at radius 1 is 1.29 bits per heavy atom. The number of hydrogen-bond donors (Lipinski definition) is 2. The minimum atomic E-state index is -1.93. The van der Waals surface area contributed by atoms with Crippen molar-refractivity contribution in [3.63, 3.8) is 0 Å². The first-order chi connectivity index (χ1) is 14.8. The minimum Gasteiger partial charge on any atom is -0.494 e. The second-order valence-electron chi connectivity index (χ2n) is 7.68. The van der Waals surface area contributed by atoms with E-state index in [0.717, 1.165) is 0 Å². The molecule has 0 bridgehead atoms. The van der Waals surface area contributed by atoms with Gasteiger partial charge in [-0.2, -0.15) is 0 Å². The van der Waals surface area contributed by atoms with Crippen LogP contribution < -0.4 is 10.3 Å². The van der Waals surface area contributed by atoms with Crippen LogP contribution in [0.4, 0.5) is 4.39 Å². The molecule has 2 aliphatic rings. The van der Waals surface area contributed by atoms with Crippen LogP contribution in [0.2, 0.25) is 0 Å². The number of nitrogens with zero attached hydrogens (tertiary/aromatic N) is 2. The van der Waals surface area contributed by atoms with Crippen molar-refractivity contribution < 1.29 is 28.9 Å². The zero-order valence-corrected chi connectivity index (χ0v) is 16.9. The van der Waals surface area contributed by atoms with E-state index in [1.165, 1.54) is 23.8 Å². The van der Waals surface area contributed by atoms with E-state index < -0.39 is 22.9 Å². The van der Waals surface area contributed by atoms with Crippen LogP contribution in [0.5, 0.6) is 5.75 Å². The van der Waals surface area contributed by atoms with Gasteiger partial charge in [0.15, 0.2) is 17.2 Å². The molecule has 160 valence electrons. The van der Waals surface area contributed by atoms with E-state index in [9.17, 15) is 24.2 Å². The average Bonchev–Trinajstić information content (AvgIpc) is 3.13. The summed E-state index contributed by atoms with van der Waals surface area (Å²) in [5.41, 5.74) is 0.305. The van der Waals surface area contributed by atoms with Gasteiger partial charge in [0, 0.05) is 22.6 Å². The summed E-state index contributed by atoms with van der Waals surface area (Å²) in [6.45, 7) is 1.20. The molecule has 2 aliphatic heterocycles. The topological polar surface area (TPSA) is 111 Å². The zero-order chi connectivity index (χ0) is 22.1. The van der Waals surface area contributed by atoms with Crippen LogP contribution >= 0.6 is 0 Å². The van der Waals surface area contributed by atoms with Crippen molar-refractivity contribution in [3.05, 3.63) is 56.6 Å². The zero-order valence-electron chi connectivity index (χ0n) is 16.9. The number of benzene rings is 1. The Hall–Kier alpha value is -3.30. The molecule has 0 saturated carbocycles. The third kappa shape index (κ3) is 2.50. The quantitative estimate of drug-likeness (QED) is 0.480. The van der Waals surface area contributed by atoms with E-state index in [4.69, 9.17) is 9.47 Å². The van der Waals surface area contributed by atoms with Gasteiger partial charge in [0.2, 0.25) is 0 Å². The van der Waals surface area contributed by atoms with Crippen molar-refractivity contribution in [1.82, 2.24) is 9.55 Å². The summed E-state index contributed by atoms with van der Waals surface area (Å²) in [5, 5.41) is 21.5. The lowest BCUT2D eigenvalue weighted by Crippen LogP contribution is -2.44. The van der Waals surface area contributed by atoms with Gasteiger partial charge in [0.25, 0.3) is 5.56 Å². The van der Waals surface area contributed by atoms with E-state index in [0.29, 0.717) is 33.4 Å². The Bertz CT molecular complexity index is 1350. The van der Waals surface area contributed by atoms with Crippen molar-refractivity contribution in [1.29, 1.82) is 0 Å². The molecular weight excluding hydrogens is 407 g/mol. The number of carbonyl (C=O) groups excluding carboxylic acids is 1. The van der Waals surface area contributed by atoms with Gasteiger partial charge in [-0.25, -0.2) is 14.2 Å². The molecule has 1 atom stereocenters. The van der Waals surface area contributed by atoms with Gasteiger partial charge < -0.3 is 24.3 Å². The van der Waals surface area contributed by atoms with E-state index in [1.54, 1.807) is 13.0 Å². The summed E-state index contributed by atoms with van der Waals surface area (Å²) in [4.78, 5) is 30.0. The first-order valence-corrected chi connectivity index (χ1v) is 9.81. The number of esters is 1. The molecule has 0 saturated heterocycles. The first kappa shape index (κ1) is 19.7. The van der Waals surface area contributed by atoms with Crippen LogP contribution in [0.25, 0.3) is 22.3 Å². The van der Waals surface area contributed by atoms with Crippen molar-refractivity contribution in [2.24, 2.45) is 0 Å². The number of pyridine rings is 2. The van der Waals surface area contributed by atoms with Gasteiger partial charge in [-0.1, -0.05) is 6.92 Å². The Balaban J connectivity index is 1.83. The monoisotopic (exact) mass is 426 g/mol. The number of halogens is 1. The molecule has 2 aromatic heterocycles. The van der Waals surface area contributed by atoms with Crippen LogP contribution in [0.1, 0.15) is 35.6 Å². The highest BCUT2D eigenvalue weighted by Gasteiger charge is 2.45. The second kappa shape index (κ2) is 6.60. The summed E-state index contributed by atoms with van der Waals surface area (Å²) >= 11 is 0. The summed E-state index contributed by atoms with van der Waals surface area (Å²) in [6, 6.07) is 4.27. The Morgan fingerprint density at radius 3 is 2.74 bits per heavy atom. The van der Waals surface area contributed by atoms with Crippen LogP contribution in [0.15, 0.2) is 23.0 Å². The SMILES string of the molecule is CC[C@@]1(O)C(=O)OCc2c1cc1n(c2=O)Cc2c-1nc1cc(F)c(OC)cc1c2CO. The summed E-state index contributed by atoms with van der Waals surface area (Å²) < 4.78 is 25.9. The molecule has 0 spiro atoms. The normalized spacial score (nSPS) is 19.1. The molecule has 8 nitrogen and oxygen atoms in total. The van der Waals surface area contributed by atoms with Crippen LogP contribution in [0, 0.1) is 5.82 Å². The number of aromatic nitrogens is 2. The summed E-state index contributed by atoms with van der Waals surface area (Å²) in [6.07, 6.45) is 0.0344. The van der Waals surface area contributed by atoms with E-state index in [1.807, 2.05) is 0 Å². The predicted molar refractivity (Wildman–Crippen MR) is 107 cm³/mol. The van der Waals surface area contributed by atoms with E-state index >= 15 is 0 Å². The number of fused-ring (bicyclic) bond motifs is 5. The van der Waals surface area contributed by atoms with Gasteiger partial charge in [-0.3, -0.25) is 4.79 Å². The first-order valence-electron chi connectivity index (χ1n) is 9.81. The Labute approximate surface area is 175 Å². The highest BCUT2D eigenvalue weighted by molar-refractivity contribution is 5.90. The van der Waals surface area contributed by atoms with Crippen molar-refractivity contribution in [2.75, 3.05) is 7.11 Å². The van der Waals surface area contributed by atoms with Crippen molar-refractivity contribution in [2.45, 2.75) is 38.7 Å². The molecule has 2 N–H and O–H groups in total. The Morgan fingerprint density at radius 2 is 2.06 bits per heavy atom. The summed E-state index contributed by atoms with van der Waals surface area (Å²) in [7, 11) is 1.35. The number of rotatable bonds is 3. The number of cyclic esters (lactones) is 1. The molecule has 3 aromatic rings.